The number of carbonyl (C=O) groups is 1. The molecule has 0 fully saturated rings. The van der Waals surface area contributed by atoms with Gasteiger partial charge in [0.25, 0.3) is 0 Å². The average Bonchev–Trinajstić information content (AvgIpc) is 2.26. The smallest absolute Gasteiger partial charge is 0.313 e. The highest BCUT2D eigenvalue weighted by Crippen LogP contribution is 2.32. The third kappa shape index (κ3) is 3.03. The molecule has 0 aromatic heterocycles. The number of nitro groups is 1. The first kappa shape index (κ1) is 12.7. The van der Waals surface area contributed by atoms with E-state index in [9.17, 15) is 19.3 Å². The molecular weight excluding hydrogens is 233 g/mol. The number of hydrogen-bond acceptors (Lipinski definition) is 5. The van der Waals surface area contributed by atoms with Crippen molar-refractivity contribution < 1.29 is 18.8 Å². The molecule has 8 heteroatoms. The second-order valence-electron chi connectivity index (χ2n) is 3.08. The van der Waals surface area contributed by atoms with Crippen LogP contribution in [0.1, 0.15) is 0 Å². The van der Waals surface area contributed by atoms with E-state index in [1.165, 1.54) is 7.11 Å². The molecule has 0 saturated carbocycles. The van der Waals surface area contributed by atoms with Crippen LogP contribution < -0.4 is 15.8 Å². The maximum atomic E-state index is 13.4. The van der Waals surface area contributed by atoms with Gasteiger partial charge in [-0.25, -0.2) is 4.39 Å². The summed E-state index contributed by atoms with van der Waals surface area (Å²) in [5.41, 5.74) is 4.29. The van der Waals surface area contributed by atoms with Crippen molar-refractivity contribution in [3.63, 3.8) is 0 Å². The van der Waals surface area contributed by atoms with Gasteiger partial charge in [0.15, 0.2) is 11.6 Å². The van der Waals surface area contributed by atoms with Crippen LogP contribution in [0.25, 0.3) is 0 Å². The van der Waals surface area contributed by atoms with Gasteiger partial charge in [-0.1, -0.05) is 0 Å². The summed E-state index contributed by atoms with van der Waals surface area (Å²) in [6.07, 6.45) is 0. The maximum Gasteiger partial charge on any atom is 0.313 e. The zero-order chi connectivity index (χ0) is 13.0. The molecule has 0 aliphatic rings. The number of nitrogens with one attached hydrogen (secondary N) is 1. The molecule has 0 spiro atoms. The maximum absolute atomic E-state index is 13.4. The van der Waals surface area contributed by atoms with Crippen molar-refractivity contribution in [2.45, 2.75) is 0 Å². The molecule has 17 heavy (non-hydrogen) atoms. The third-order valence-electron chi connectivity index (χ3n) is 1.92. The van der Waals surface area contributed by atoms with Gasteiger partial charge in [-0.05, 0) is 0 Å². The van der Waals surface area contributed by atoms with E-state index >= 15 is 0 Å². The van der Waals surface area contributed by atoms with Gasteiger partial charge in [0.05, 0.1) is 30.3 Å². The van der Waals surface area contributed by atoms with Crippen LogP contribution in [0.5, 0.6) is 5.75 Å². The van der Waals surface area contributed by atoms with E-state index in [2.05, 4.69) is 5.32 Å². The van der Waals surface area contributed by atoms with Gasteiger partial charge in [0.2, 0.25) is 5.91 Å². The van der Waals surface area contributed by atoms with E-state index in [0.29, 0.717) is 6.07 Å². The minimum Gasteiger partial charge on any atom is -0.490 e. The molecule has 0 unspecified atom stereocenters. The summed E-state index contributed by atoms with van der Waals surface area (Å²) >= 11 is 0. The number of methoxy groups -OCH3 is 1. The number of halogens is 1. The van der Waals surface area contributed by atoms with Crippen LogP contribution in [0.4, 0.5) is 15.8 Å². The van der Waals surface area contributed by atoms with Gasteiger partial charge in [-0.2, -0.15) is 0 Å². The topological polar surface area (TPSA) is 107 Å². The van der Waals surface area contributed by atoms with Crippen LogP contribution in [0.2, 0.25) is 0 Å². The molecule has 0 saturated heterocycles. The summed E-state index contributed by atoms with van der Waals surface area (Å²) in [7, 11) is 1.22. The Labute approximate surface area is 95.5 Å². The standard InChI is InChI=1S/C9H10FN3O4/c1-17-8-3-6(12-4-9(11)14)5(10)2-7(8)13(15)16/h2-3,12H,4H2,1H3,(H2,11,14). The van der Waals surface area contributed by atoms with E-state index in [1.54, 1.807) is 0 Å². The molecule has 7 nitrogen and oxygen atoms in total. The van der Waals surface area contributed by atoms with E-state index in [0.717, 1.165) is 6.07 Å². The first-order chi connectivity index (χ1) is 7.95. The van der Waals surface area contributed by atoms with Crippen molar-refractivity contribution in [1.29, 1.82) is 0 Å². The predicted octanol–water partition coefficient (Wildman–Crippen LogP) is 0.640. The summed E-state index contributed by atoms with van der Waals surface area (Å²) in [5, 5.41) is 13.0. The summed E-state index contributed by atoms with van der Waals surface area (Å²) < 4.78 is 18.1. The average molecular weight is 243 g/mol. The predicted molar refractivity (Wildman–Crippen MR) is 57.3 cm³/mol. The number of benzene rings is 1. The van der Waals surface area contributed by atoms with Crippen LogP contribution in [-0.2, 0) is 4.79 Å². The molecule has 1 aromatic carbocycles. The number of nitrogens with two attached hydrogens (primary N) is 1. The van der Waals surface area contributed by atoms with Crippen molar-refractivity contribution in [1.82, 2.24) is 0 Å². The number of primary amides is 1. The monoisotopic (exact) mass is 243 g/mol. The minimum atomic E-state index is -0.862. The number of hydrogen-bond donors (Lipinski definition) is 2. The quantitative estimate of drug-likeness (QED) is 0.582. The van der Waals surface area contributed by atoms with Crippen LogP contribution in [0.15, 0.2) is 12.1 Å². The summed E-state index contributed by atoms with van der Waals surface area (Å²) in [6, 6.07) is 1.80. The Morgan fingerprint density at radius 2 is 2.29 bits per heavy atom. The Kier molecular flexibility index (Phi) is 3.81. The number of nitrogens with zero attached hydrogens (tertiary/aromatic N) is 1. The lowest BCUT2D eigenvalue weighted by Crippen LogP contribution is -2.22. The van der Waals surface area contributed by atoms with Crippen LogP contribution in [0, 0.1) is 15.9 Å². The van der Waals surface area contributed by atoms with Gasteiger partial charge < -0.3 is 15.8 Å². The summed E-state index contributed by atoms with van der Waals surface area (Å²) in [5.74, 6) is -1.65. The Bertz CT molecular complexity index is 464. The van der Waals surface area contributed by atoms with E-state index in [1.807, 2.05) is 0 Å². The lowest BCUT2D eigenvalue weighted by molar-refractivity contribution is -0.385. The lowest BCUT2D eigenvalue weighted by Gasteiger charge is -2.08. The number of rotatable bonds is 5. The van der Waals surface area contributed by atoms with Crippen molar-refractivity contribution >= 4 is 17.3 Å². The van der Waals surface area contributed by atoms with Crippen molar-refractivity contribution in [2.75, 3.05) is 19.0 Å². The minimum absolute atomic E-state index is 0.0914. The molecule has 0 bridgehead atoms. The Morgan fingerprint density at radius 1 is 1.65 bits per heavy atom. The van der Waals surface area contributed by atoms with Gasteiger partial charge in [0.1, 0.15) is 0 Å². The normalized spacial score (nSPS) is 9.76. The molecule has 1 aromatic rings. The first-order valence-corrected chi connectivity index (χ1v) is 4.49. The van der Waals surface area contributed by atoms with E-state index in [4.69, 9.17) is 10.5 Å². The van der Waals surface area contributed by atoms with Crippen molar-refractivity contribution in [3.8, 4) is 5.75 Å². The van der Waals surface area contributed by atoms with Crippen LogP contribution in [0.3, 0.4) is 0 Å². The molecule has 3 N–H and O–H groups in total. The highest BCUT2D eigenvalue weighted by atomic mass is 19.1. The lowest BCUT2D eigenvalue weighted by atomic mass is 10.2. The van der Waals surface area contributed by atoms with Crippen LogP contribution >= 0.6 is 0 Å². The largest absolute Gasteiger partial charge is 0.490 e. The van der Waals surface area contributed by atoms with Crippen molar-refractivity contribution in [2.24, 2.45) is 5.73 Å². The number of ether oxygens (including phenoxy) is 1. The van der Waals surface area contributed by atoms with Gasteiger partial charge >= 0.3 is 5.69 Å². The number of amides is 1. The third-order valence-corrected chi connectivity index (χ3v) is 1.92. The first-order valence-electron chi connectivity index (χ1n) is 4.49. The van der Waals surface area contributed by atoms with Gasteiger partial charge in [0, 0.05) is 6.07 Å². The highest BCUT2D eigenvalue weighted by molar-refractivity contribution is 5.79. The van der Waals surface area contributed by atoms with E-state index < -0.39 is 22.3 Å². The molecule has 1 amide bonds. The zero-order valence-electron chi connectivity index (χ0n) is 8.90. The second kappa shape index (κ2) is 5.10. The Balaban J connectivity index is 3.08. The van der Waals surface area contributed by atoms with E-state index in [-0.39, 0.29) is 18.0 Å². The molecule has 1 rings (SSSR count). The van der Waals surface area contributed by atoms with Crippen LogP contribution in [-0.4, -0.2) is 24.5 Å². The second-order valence-corrected chi connectivity index (χ2v) is 3.08. The fraction of sp³-hybridized carbons (Fsp3) is 0.222. The molecule has 92 valence electrons. The molecule has 0 aliphatic carbocycles. The molecule has 0 radical (unpaired) electrons. The SMILES string of the molecule is COc1cc(NCC(N)=O)c(F)cc1[N+](=O)[O-]. The van der Waals surface area contributed by atoms with Crippen molar-refractivity contribution in [3.05, 3.63) is 28.1 Å². The fourth-order valence-electron chi connectivity index (χ4n) is 1.17. The Hall–Kier alpha value is -2.38. The molecular formula is C9H10FN3O4. The molecule has 0 heterocycles. The molecule has 0 atom stereocenters. The Morgan fingerprint density at radius 3 is 2.76 bits per heavy atom. The summed E-state index contributed by atoms with van der Waals surface area (Å²) in [6.45, 7) is -0.280. The number of anilines is 1. The number of nitro benzene ring substituents is 1. The fourth-order valence-corrected chi connectivity index (χ4v) is 1.17. The molecule has 0 aliphatic heterocycles. The summed E-state index contributed by atoms with van der Waals surface area (Å²) in [4.78, 5) is 20.3. The number of carbonyl (C=O) groups excluding carboxylic acids is 1. The van der Waals surface area contributed by atoms with Gasteiger partial charge in [-0.3, -0.25) is 14.9 Å². The van der Waals surface area contributed by atoms with Gasteiger partial charge in [-0.15, -0.1) is 0 Å². The zero-order valence-corrected chi connectivity index (χ0v) is 8.90. The highest BCUT2D eigenvalue weighted by Gasteiger charge is 2.19.